The maximum absolute atomic E-state index is 13.8. The number of amides is 3. The van der Waals surface area contributed by atoms with Crippen LogP contribution in [0, 0.1) is 40.4 Å². The zero-order valence-corrected chi connectivity index (χ0v) is 23.6. The molecule has 0 bridgehead atoms. The average molecular weight is 567 g/mol. The first kappa shape index (κ1) is 30.3. The molecule has 11 heteroatoms. The summed E-state index contributed by atoms with van der Waals surface area (Å²) in [7, 11) is 0. The van der Waals surface area contributed by atoms with Crippen molar-refractivity contribution in [2.75, 3.05) is 6.54 Å². The number of Topliss-reactive ketones (excluding diaryl/α,β-unsaturated/α-hetero) is 1. The van der Waals surface area contributed by atoms with E-state index in [1.54, 1.807) is 20.8 Å². The van der Waals surface area contributed by atoms with Gasteiger partial charge in [0.05, 0.1) is 12.0 Å². The van der Waals surface area contributed by atoms with Gasteiger partial charge in [-0.05, 0) is 55.8 Å². The van der Waals surface area contributed by atoms with E-state index in [0.29, 0.717) is 18.8 Å². The highest BCUT2D eigenvalue weighted by Crippen LogP contribution is 2.44. The number of nitrogens with zero attached hydrogens (tertiary/aromatic N) is 2. The van der Waals surface area contributed by atoms with Crippen LogP contribution in [0.5, 0.6) is 0 Å². The van der Waals surface area contributed by atoms with E-state index >= 15 is 0 Å². The van der Waals surface area contributed by atoms with Gasteiger partial charge in [-0.15, -0.1) is 0 Å². The molecule has 5 atom stereocenters. The molecule has 8 nitrogen and oxygen atoms in total. The molecular weight excluding hydrogens is 525 g/mol. The van der Waals surface area contributed by atoms with Gasteiger partial charge >= 0.3 is 6.18 Å². The van der Waals surface area contributed by atoms with E-state index < -0.39 is 59.5 Å². The smallest absolute Gasteiger partial charge is 0.350 e. The van der Waals surface area contributed by atoms with E-state index in [0.717, 1.165) is 44.9 Å². The van der Waals surface area contributed by atoms with Crippen molar-refractivity contribution in [3.8, 4) is 6.07 Å². The van der Waals surface area contributed by atoms with Crippen LogP contribution in [-0.4, -0.2) is 58.7 Å². The SMILES string of the molecule is CC(C)(C)C(CC(=O)C(F)(F)F)C(=O)N1CC(C2CCCC2)CC1C(=O)NC(C#N)CC1CCC2(CC2)NC1=O. The summed E-state index contributed by atoms with van der Waals surface area (Å²) in [5, 5.41) is 15.6. The molecule has 1 spiro atoms. The Bertz CT molecular complexity index is 1050. The quantitative estimate of drug-likeness (QED) is 0.460. The Kier molecular flexibility index (Phi) is 8.58. The fourth-order valence-corrected chi connectivity index (χ4v) is 6.85. The molecule has 0 aromatic rings. The number of piperidine rings is 1. The summed E-state index contributed by atoms with van der Waals surface area (Å²) in [5.41, 5.74) is -1.04. The third kappa shape index (κ3) is 6.80. The van der Waals surface area contributed by atoms with E-state index in [2.05, 4.69) is 16.7 Å². The summed E-state index contributed by atoms with van der Waals surface area (Å²) >= 11 is 0. The molecule has 0 aromatic heterocycles. The van der Waals surface area contributed by atoms with Gasteiger partial charge in [0.15, 0.2) is 0 Å². The monoisotopic (exact) mass is 566 g/mol. The van der Waals surface area contributed by atoms with Gasteiger partial charge in [0.1, 0.15) is 12.1 Å². The van der Waals surface area contributed by atoms with Crippen LogP contribution in [0.25, 0.3) is 0 Å². The van der Waals surface area contributed by atoms with Crippen LogP contribution in [0.3, 0.4) is 0 Å². The van der Waals surface area contributed by atoms with Gasteiger partial charge in [-0.1, -0.05) is 46.5 Å². The number of nitriles is 1. The Morgan fingerprint density at radius 3 is 2.27 bits per heavy atom. The van der Waals surface area contributed by atoms with Crippen molar-refractivity contribution in [3.05, 3.63) is 0 Å². The first-order valence-electron chi connectivity index (χ1n) is 14.6. The number of likely N-dealkylation sites (tertiary alicyclic amines) is 1. The summed E-state index contributed by atoms with van der Waals surface area (Å²) in [6, 6.07) is 0.186. The molecule has 2 heterocycles. The molecule has 40 heavy (non-hydrogen) atoms. The maximum atomic E-state index is 13.8. The van der Waals surface area contributed by atoms with Crippen molar-refractivity contribution >= 4 is 23.5 Å². The molecule has 2 saturated heterocycles. The van der Waals surface area contributed by atoms with Crippen molar-refractivity contribution in [1.82, 2.24) is 15.5 Å². The van der Waals surface area contributed by atoms with Gasteiger partial charge in [0.2, 0.25) is 23.5 Å². The van der Waals surface area contributed by atoms with E-state index in [-0.39, 0.29) is 30.3 Å². The average Bonchev–Trinajstić information content (AvgIpc) is 3.25. The van der Waals surface area contributed by atoms with Crippen LogP contribution in [0.1, 0.15) is 91.4 Å². The lowest BCUT2D eigenvalue weighted by atomic mass is 9.76. The molecule has 2 saturated carbocycles. The van der Waals surface area contributed by atoms with Crippen LogP contribution in [0.2, 0.25) is 0 Å². The molecule has 4 fully saturated rings. The van der Waals surface area contributed by atoms with Crippen LogP contribution >= 0.6 is 0 Å². The number of rotatable bonds is 8. The Balaban J connectivity index is 1.49. The standard InChI is InChI=1S/C29H41F3N4O4/c1-27(2,3)21(14-23(37)29(30,31)32)26(40)36-16-19(17-6-4-5-7-17)13-22(36)25(39)34-20(15-33)12-18-8-9-28(10-11-28)35-24(18)38/h17-22H,4-14,16H2,1-3H3,(H,34,39)(H,35,38). The highest BCUT2D eigenvalue weighted by Gasteiger charge is 2.50. The zero-order valence-electron chi connectivity index (χ0n) is 23.6. The second-order valence-corrected chi connectivity index (χ2v) is 13.5. The largest absolute Gasteiger partial charge is 0.449 e. The minimum atomic E-state index is -5.05. The number of halogens is 3. The molecule has 2 aliphatic heterocycles. The van der Waals surface area contributed by atoms with E-state index in [9.17, 15) is 37.6 Å². The van der Waals surface area contributed by atoms with Crippen molar-refractivity contribution in [3.63, 3.8) is 0 Å². The molecule has 222 valence electrons. The van der Waals surface area contributed by atoms with E-state index in [1.807, 2.05) is 0 Å². The predicted molar refractivity (Wildman–Crippen MR) is 139 cm³/mol. The van der Waals surface area contributed by atoms with Crippen molar-refractivity contribution in [1.29, 1.82) is 5.26 Å². The summed E-state index contributed by atoms with van der Waals surface area (Å²) < 4.78 is 39.5. The molecule has 0 aromatic carbocycles. The van der Waals surface area contributed by atoms with Crippen molar-refractivity contribution < 1.29 is 32.3 Å². The van der Waals surface area contributed by atoms with Crippen LogP contribution in [0.15, 0.2) is 0 Å². The number of alkyl halides is 3. The minimum absolute atomic E-state index is 0.0144. The summed E-state index contributed by atoms with van der Waals surface area (Å²) in [6.07, 6.45) is 1.92. The Labute approximate surface area is 233 Å². The molecule has 5 unspecified atom stereocenters. The lowest BCUT2D eigenvalue weighted by molar-refractivity contribution is -0.174. The summed E-state index contributed by atoms with van der Waals surface area (Å²) in [4.78, 5) is 53.3. The Morgan fingerprint density at radius 2 is 1.75 bits per heavy atom. The van der Waals surface area contributed by atoms with Crippen molar-refractivity contribution in [2.45, 2.75) is 115 Å². The zero-order chi connectivity index (χ0) is 29.5. The van der Waals surface area contributed by atoms with E-state index in [4.69, 9.17) is 0 Å². The Morgan fingerprint density at radius 1 is 1.10 bits per heavy atom. The van der Waals surface area contributed by atoms with Gasteiger partial charge in [-0.3, -0.25) is 19.2 Å². The summed E-state index contributed by atoms with van der Waals surface area (Å²) in [5.74, 6) is -4.58. The molecular formula is C29H41F3N4O4. The number of hydrogen-bond donors (Lipinski definition) is 2. The van der Waals surface area contributed by atoms with Crippen LogP contribution in [0.4, 0.5) is 13.2 Å². The molecule has 3 amide bonds. The number of ketones is 1. The topological polar surface area (TPSA) is 119 Å². The molecule has 4 rings (SSSR count). The van der Waals surface area contributed by atoms with Crippen LogP contribution < -0.4 is 10.6 Å². The molecule has 0 radical (unpaired) electrons. The third-order valence-electron chi connectivity index (χ3n) is 9.61. The highest BCUT2D eigenvalue weighted by atomic mass is 19.4. The highest BCUT2D eigenvalue weighted by molar-refractivity contribution is 5.93. The van der Waals surface area contributed by atoms with Gasteiger partial charge in [0, 0.05) is 24.4 Å². The van der Waals surface area contributed by atoms with E-state index in [1.165, 1.54) is 4.90 Å². The lowest BCUT2D eigenvalue weighted by Crippen LogP contribution is -2.53. The van der Waals surface area contributed by atoms with Crippen molar-refractivity contribution in [2.24, 2.45) is 29.1 Å². The predicted octanol–water partition coefficient (Wildman–Crippen LogP) is 4.03. The van der Waals surface area contributed by atoms with Gasteiger partial charge in [-0.2, -0.15) is 18.4 Å². The first-order valence-corrected chi connectivity index (χ1v) is 14.6. The number of hydrogen-bond acceptors (Lipinski definition) is 5. The van der Waals surface area contributed by atoms with Gasteiger partial charge < -0.3 is 15.5 Å². The first-order chi connectivity index (χ1) is 18.6. The normalized spacial score (nSPS) is 28.1. The number of carbonyl (C=O) groups excluding carboxylic acids is 4. The lowest BCUT2D eigenvalue weighted by Gasteiger charge is -2.35. The molecule has 2 N–H and O–H groups in total. The van der Waals surface area contributed by atoms with Crippen LogP contribution in [-0.2, 0) is 19.2 Å². The third-order valence-corrected chi connectivity index (χ3v) is 9.61. The fourth-order valence-electron chi connectivity index (χ4n) is 6.85. The minimum Gasteiger partial charge on any atom is -0.350 e. The summed E-state index contributed by atoms with van der Waals surface area (Å²) in [6.45, 7) is 5.08. The molecule has 2 aliphatic carbocycles. The number of carbonyl (C=O) groups is 4. The van der Waals surface area contributed by atoms with Gasteiger partial charge in [0.25, 0.3) is 0 Å². The second-order valence-electron chi connectivity index (χ2n) is 13.5. The van der Waals surface area contributed by atoms with Gasteiger partial charge in [-0.25, -0.2) is 0 Å². The number of nitrogens with one attached hydrogen (secondary N) is 2. The Hall–Kier alpha value is -2.64. The fraction of sp³-hybridized carbons (Fsp3) is 0.828. The second kappa shape index (κ2) is 11.3. The molecule has 4 aliphatic rings. The maximum Gasteiger partial charge on any atom is 0.449 e.